The summed E-state index contributed by atoms with van der Waals surface area (Å²) in [5.41, 5.74) is 0.313. The first-order valence-corrected chi connectivity index (χ1v) is 10.6. The van der Waals surface area contributed by atoms with Gasteiger partial charge in [-0.1, -0.05) is 42.2 Å². The van der Waals surface area contributed by atoms with E-state index in [0.717, 1.165) is 24.6 Å². The molecule has 0 radical (unpaired) electrons. The highest BCUT2D eigenvalue weighted by Gasteiger charge is 2.34. The number of piperidine rings is 1. The molecule has 1 aromatic rings. The fraction of sp³-hybridized carbons (Fsp3) is 0.400. The molecule has 2 heterocycles. The lowest BCUT2D eigenvalue weighted by Crippen LogP contribution is -2.48. The van der Waals surface area contributed by atoms with Crippen LogP contribution in [0.1, 0.15) is 37.7 Å². The second-order valence-corrected chi connectivity index (χ2v) is 8.57. The molecule has 1 unspecified atom stereocenters. The minimum atomic E-state index is -0.978. The number of nitrogens with zero attached hydrogens (tertiary/aromatic N) is 2. The van der Waals surface area contributed by atoms with Gasteiger partial charge in [0.05, 0.1) is 4.91 Å². The molecule has 2 amide bonds. The minimum absolute atomic E-state index is 0.146. The van der Waals surface area contributed by atoms with Crippen LogP contribution in [0.25, 0.3) is 6.08 Å². The number of carboxylic acid groups (broad SMARTS) is 1. The van der Waals surface area contributed by atoms with E-state index in [4.69, 9.17) is 12.2 Å². The summed E-state index contributed by atoms with van der Waals surface area (Å²) in [6.07, 6.45) is 4.06. The van der Waals surface area contributed by atoms with Gasteiger partial charge in [-0.25, -0.2) is 9.18 Å². The summed E-state index contributed by atoms with van der Waals surface area (Å²) in [5, 5.41) is 9.30. The predicted molar refractivity (Wildman–Crippen MR) is 113 cm³/mol. The average molecular weight is 437 g/mol. The van der Waals surface area contributed by atoms with Crippen LogP contribution in [0.4, 0.5) is 4.39 Å². The monoisotopic (exact) mass is 436 g/mol. The van der Waals surface area contributed by atoms with Crippen LogP contribution in [0.3, 0.4) is 0 Å². The molecule has 0 bridgehead atoms. The summed E-state index contributed by atoms with van der Waals surface area (Å²) < 4.78 is 14.2. The molecule has 0 aliphatic carbocycles. The second kappa shape index (κ2) is 9.49. The number of halogens is 1. The summed E-state index contributed by atoms with van der Waals surface area (Å²) >= 11 is 6.37. The number of aliphatic carboxylic acids is 1. The molecule has 2 aliphatic rings. The molecular formula is C20H21FN2O4S2. The topological polar surface area (TPSA) is 77.9 Å². The van der Waals surface area contributed by atoms with Gasteiger partial charge in [-0.05, 0) is 37.8 Å². The molecule has 1 N–H and O–H groups in total. The Bertz CT molecular complexity index is 874. The van der Waals surface area contributed by atoms with Gasteiger partial charge in [0.2, 0.25) is 5.91 Å². The number of carbonyl (C=O) groups is 3. The zero-order valence-electron chi connectivity index (χ0n) is 15.7. The van der Waals surface area contributed by atoms with E-state index in [1.54, 1.807) is 18.2 Å². The highest BCUT2D eigenvalue weighted by molar-refractivity contribution is 8.26. The van der Waals surface area contributed by atoms with E-state index in [-0.39, 0.29) is 24.8 Å². The molecule has 3 rings (SSSR count). The minimum Gasteiger partial charge on any atom is -0.480 e. The number of likely N-dealkylation sites (tertiary alicyclic amines) is 1. The molecule has 1 atom stereocenters. The Morgan fingerprint density at radius 3 is 2.79 bits per heavy atom. The van der Waals surface area contributed by atoms with Crippen LogP contribution >= 0.6 is 24.0 Å². The Morgan fingerprint density at radius 1 is 1.31 bits per heavy atom. The third-order valence-electron chi connectivity index (χ3n) is 4.95. The number of hydrogen-bond donors (Lipinski definition) is 1. The number of benzene rings is 1. The molecule has 9 heteroatoms. The molecule has 2 saturated heterocycles. The highest BCUT2D eigenvalue weighted by atomic mass is 32.2. The Labute approximate surface area is 177 Å². The van der Waals surface area contributed by atoms with Gasteiger partial charge in [0.15, 0.2) is 0 Å². The van der Waals surface area contributed by atoms with Crippen LogP contribution in [0.2, 0.25) is 0 Å². The van der Waals surface area contributed by atoms with Crippen molar-refractivity contribution in [2.75, 3.05) is 13.1 Å². The molecule has 29 heavy (non-hydrogen) atoms. The average Bonchev–Trinajstić information content (AvgIpc) is 2.97. The van der Waals surface area contributed by atoms with Crippen molar-refractivity contribution in [3.63, 3.8) is 0 Å². The zero-order chi connectivity index (χ0) is 21.0. The quantitative estimate of drug-likeness (QED) is 0.545. The van der Waals surface area contributed by atoms with E-state index in [1.165, 1.54) is 21.9 Å². The third kappa shape index (κ3) is 5.02. The second-order valence-electron chi connectivity index (χ2n) is 6.90. The van der Waals surface area contributed by atoms with Gasteiger partial charge >= 0.3 is 5.97 Å². The fourth-order valence-corrected chi connectivity index (χ4v) is 4.74. The standard InChI is InChI=1S/C20H21FN2O4S2/c21-14-7-2-1-6-13(14)12-16-18(25)23(20(28)29-16)11-5-9-17(24)22-10-4-3-8-15(22)19(26)27/h1-2,6-7,12,15H,3-5,8-11H2,(H,26,27). The van der Waals surface area contributed by atoms with Gasteiger partial charge in [0.1, 0.15) is 16.2 Å². The van der Waals surface area contributed by atoms with Gasteiger partial charge in [-0.2, -0.15) is 0 Å². The van der Waals surface area contributed by atoms with Crippen molar-refractivity contribution < 1.29 is 23.9 Å². The van der Waals surface area contributed by atoms with E-state index in [2.05, 4.69) is 0 Å². The highest BCUT2D eigenvalue weighted by Crippen LogP contribution is 2.33. The number of carboxylic acids is 1. The van der Waals surface area contributed by atoms with Crippen LogP contribution in [0.5, 0.6) is 0 Å². The molecular weight excluding hydrogens is 415 g/mol. The van der Waals surface area contributed by atoms with Gasteiger partial charge < -0.3 is 10.0 Å². The molecule has 2 aliphatic heterocycles. The number of thiocarbonyl (C=S) groups is 1. The lowest BCUT2D eigenvalue weighted by atomic mass is 10.0. The molecule has 0 spiro atoms. The molecule has 6 nitrogen and oxygen atoms in total. The summed E-state index contributed by atoms with van der Waals surface area (Å²) in [7, 11) is 0. The van der Waals surface area contributed by atoms with Crippen molar-refractivity contribution in [2.45, 2.75) is 38.1 Å². The van der Waals surface area contributed by atoms with Crippen LogP contribution in [0.15, 0.2) is 29.2 Å². The summed E-state index contributed by atoms with van der Waals surface area (Å²) in [6, 6.07) is 5.40. The Kier molecular flexibility index (Phi) is 7.02. The molecule has 154 valence electrons. The van der Waals surface area contributed by atoms with Crippen molar-refractivity contribution in [1.29, 1.82) is 0 Å². The van der Waals surface area contributed by atoms with Crippen LogP contribution < -0.4 is 0 Å². The Morgan fingerprint density at radius 2 is 2.07 bits per heavy atom. The molecule has 0 saturated carbocycles. The Balaban J connectivity index is 1.57. The van der Waals surface area contributed by atoms with Gasteiger partial charge in [0, 0.05) is 25.1 Å². The maximum atomic E-state index is 13.8. The number of carbonyl (C=O) groups excluding carboxylic acids is 2. The van der Waals surface area contributed by atoms with E-state index in [0.29, 0.717) is 34.2 Å². The smallest absolute Gasteiger partial charge is 0.326 e. The zero-order valence-corrected chi connectivity index (χ0v) is 17.3. The molecule has 2 fully saturated rings. The van der Waals surface area contributed by atoms with Crippen molar-refractivity contribution in [3.05, 3.63) is 40.6 Å². The molecule has 1 aromatic carbocycles. The van der Waals surface area contributed by atoms with Crippen molar-refractivity contribution >= 4 is 52.2 Å². The van der Waals surface area contributed by atoms with Crippen LogP contribution in [-0.4, -0.2) is 56.1 Å². The third-order valence-corrected chi connectivity index (χ3v) is 6.32. The van der Waals surface area contributed by atoms with Crippen molar-refractivity contribution in [2.24, 2.45) is 0 Å². The maximum Gasteiger partial charge on any atom is 0.326 e. The number of rotatable bonds is 6. The Hall–Kier alpha value is -2.26. The van der Waals surface area contributed by atoms with Gasteiger partial charge in [-0.3, -0.25) is 14.5 Å². The maximum absolute atomic E-state index is 13.8. The summed E-state index contributed by atoms with van der Waals surface area (Å²) in [6.45, 7) is 0.707. The summed E-state index contributed by atoms with van der Waals surface area (Å²) in [5.74, 6) is -1.92. The first-order chi connectivity index (χ1) is 13.9. The number of amides is 2. The van der Waals surface area contributed by atoms with E-state index in [9.17, 15) is 23.9 Å². The number of hydrogen-bond acceptors (Lipinski definition) is 5. The lowest BCUT2D eigenvalue weighted by molar-refractivity contribution is -0.152. The van der Waals surface area contributed by atoms with E-state index < -0.39 is 17.8 Å². The van der Waals surface area contributed by atoms with Gasteiger partial charge in [0.25, 0.3) is 5.91 Å². The molecule has 0 aromatic heterocycles. The predicted octanol–water partition coefficient (Wildman–Crippen LogP) is 3.27. The fourth-order valence-electron chi connectivity index (χ4n) is 3.44. The number of thioether (sulfide) groups is 1. The lowest BCUT2D eigenvalue weighted by Gasteiger charge is -2.33. The van der Waals surface area contributed by atoms with Crippen molar-refractivity contribution in [1.82, 2.24) is 9.80 Å². The van der Waals surface area contributed by atoms with E-state index in [1.807, 2.05) is 0 Å². The first kappa shape index (κ1) is 21.4. The normalized spacial score (nSPS) is 21.1. The van der Waals surface area contributed by atoms with Crippen molar-refractivity contribution in [3.8, 4) is 0 Å². The van der Waals surface area contributed by atoms with Crippen LogP contribution in [-0.2, 0) is 14.4 Å². The SMILES string of the molecule is O=C(O)C1CCCCN1C(=O)CCCN1C(=O)C(=Cc2ccccc2F)SC1=S. The van der Waals surface area contributed by atoms with E-state index >= 15 is 0 Å². The largest absolute Gasteiger partial charge is 0.480 e. The summed E-state index contributed by atoms with van der Waals surface area (Å²) in [4.78, 5) is 39.6. The van der Waals surface area contributed by atoms with Gasteiger partial charge in [-0.15, -0.1) is 0 Å². The first-order valence-electron chi connectivity index (χ1n) is 9.40. The van der Waals surface area contributed by atoms with Crippen LogP contribution in [0, 0.1) is 5.82 Å².